The number of H-pyrrole nitrogens is 1. The molecular formula is C14H20N4O. The van der Waals surface area contributed by atoms with Gasteiger partial charge >= 0.3 is 0 Å². The first-order valence-electron chi connectivity index (χ1n) is 6.66. The largest absolute Gasteiger partial charge is 0.444 e. The minimum absolute atomic E-state index is 0.0694. The Hall–Kier alpha value is -1.62. The van der Waals surface area contributed by atoms with Crippen LogP contribution < -0.4 is 0 Å². The molecule has 2 aromatic rings. The molecule has 0 saturated carbocycles. The lowest BCUT2D eigenvalue weighted by Gasteiger charge is -2.39. The summed E-state index contributed by atoms with van der Waals surface area (Å²) in [6.45, 7) is 10.4. The number of oxazole rings is 1. The summed E-state index contributed by atoms with van der Waals surface area (Å²) in [6.07, 6.45) is 3.71. The number of nitrogens with zero attached hydrogens (tertiary/aromatic N) is 3. The van der Waals surface area contributed by atoms with Crippen LogP contribution in [0.1, 0.15) is 49.7 Å². The normalized spacial score (nSPS) is 20.2. The molecular weight excluding hydrogens is 240 g/mol. The standard InChI is InChI=1S/C14H20N4O/c1-9-5-15-13(19-9)10(2)18-7-11-6-16-17-12(11)14(3,4)8-18/h5-6,10H,7-8H2,1-4H3,(H,16,17). The van der Waals surface area contributed by atoms with E-state index in [1.165, 1.54) is 11.3 Å². The van der Waals surface area contributed by atoms with Crippen LogP contribution in [0.2, 0.25) is 0 Å². The van der Waals surface area contributed by atoms with E-state index in [1.54, 1.807) is 6.20 Å². The maximum atomic E-state index is 5.66. The molecule has 2 aromatic heterocycles. The molecule has 5 heteroatoms. The van der Waals surface area contributed by atoms with Crippen molar-refractivity contribution in [1.82, 2.24) is 20.1 Å². The van der Waals surface area contributed by atoms with Gasteiger partial charge in [-0.05, 0) is 13.8 Å². The van der Waals surface area contributed by atoms with E-state index < -0.39 is 0 Å². The van der Waals surface area contributed by atoms with Crippen molar-refractivity contribution in [2.45, 2.75) is 45.7 Å². The van der Waals surface area contributed by atoms with Gasteiger partial charge in [0.1, 0.15) is 5.76 Å². The lowest BCUT2D eigenvalue weighted by Crippen LogP contribution is -2.43. The lowest BCUT2D eigenvalue weighted by molar-refractivity contribution is 0.125. The molecule has 3 rings (SSSR count). The van der Waals surface area contributed by atoms with E-state index in [9.17, 15) is 0 Å². The average Bonchev–Trinajstić information content (AvgIpc) is 2.96. The van der Waals surface area contributed by atoms with Crippen molar-refractivity contribution in [3.8, 4) is 0 Å². The average molecular weight is 260 g/mol. The Kier molecular flexibility index (Phi) is 2.74. The highest BCUT2D eigenvalue weighted by Crippen LogP contribution is 2.35. The minimum atomic E-state index is 0.0694. The van der Waals surface area contributed by atoms with Gasteiger partial charge in [0.25, 0.3) is 0 Å². The van der Waals surface area contributed by atoms with Crippen molar-refractivity contribution in [3.05, 3.63) is 35.3 Å². The second kappa shape index (κ2) is 4.20. The molecule has 0 fully saturated rings. The molecule has 0 aromatic carbocycles. The molecule has 1 N–H and O–H groups in total. The van der Waals surface area contributed by atoms with Gasteiger partial charge in [-0.25, -0.2) is 4.98 Å². The number of rotatable bonds is 2. The van der Waals surface area contributed by atoms with Crippen molar-refractivity contribution in [3.63, 3.8) is 0 Å². The van der Waals surface area contributed by atoms with Gasteiger partial charge in [-0.1, -0.05) is 13.8 Å². The van der Waals surface area contributed by atoms with Crippen molar-refractivity contribution >= 4 is 0 Å². The Morgan fingerprint density at radius 1 is 1.42 bits per heavy atom. The van der Waals surface area contributed by atoms with E-state index in [-0.39, 0.29) is 11.5 Å². The van der Waals surface area contributed by atoms with E-state index in [4.69, 9.17) is 4.42 Å². The summed E-state index contributed by atoms with van der Waals surface area (Å²) in [5.41, 5.74) is 2.59. The van der Waals surface area contributed by atoms with Crippen molar-refractivity contribution < 1.29 is 4.42 Å². The smallest absolute Gasteiger partial charge is 0.211 e. The predicted octanol–water partition coefficient (Wildman–Crippen LogP) is 2.56. The van der Waals surface area contributed by atoms with E-state index >= 15 is 0 Å². The molecule has 0 radical (unpaired) electrons. The van der Waals surface area contributed by atoms with Crippen molar-refractivity contribution in [2.75, 3.05) is 6.54 Å². The molecule has 0 amide bonds. The molecule has 0 spiro atoms. The number of aromatic amines is 1. The third-order valence-electron chi connectivity index (χ3n) is 3.91. The fourth-order valence-electron chi connectivity index (χ4n) is 2.87. The van der Waals surface area contributed by atoms with Crippen LogP contribution in [0.25, 0.3) is 0 Å². The number of hydrogen-bond acceptors (Lipinski definition) is 4. The number of aryl methyl sites for hydroxylation is 1. The number of fused-ring (bicyclic) bond motifs is 1. The van der Waals surface area contributed by atoms with Crippen molar-refractivity contribution in [1.29, 1.82) is 0 Å². The van der Waals surface area contributed by atoms with Gasteiger partial charge in [0, 0.05) is 29.8 Å². The predicted molar refractivity (Wildman–Crippen MR) is 71.7 cm³/mol. The molecule has 0 aliphatic carbocycles. The number of hydrogen-bond donors (Lipinski definition) is 1. The van der Waals surface area contributed by atoms with E-state index in [0.29, 0.717) is 0 Å². The zero-order valence-electron chi connectivity index (χ0n) is 11.9. The third-order valence-corrected chi connectivity index (χ3v) is 3.91. The van der Waals surface area contributed by atoms with Crippen LogP contribution in [0, 0.1) is 6.92 Å². The van der Waals surface area contributed by atoms with Gasteiger partial charge in [0.2, 0.25) is 5.89 Å². The summed E-state index contributed by atoms with van der Waals surface area (Å²) in [5.74, 6) is 1.65. The van der Waals surface area contributed by atoms with Crippen LogP contribution in [0.15, 0.2) is 16.8 Å². The first kappa shape index (κ1) is 12.4. The molecule has 1 atom stereocenters. The summed E-state index contributed by atoms with van der Waals surface area (Å²) < 4.78 is 5.66. The van der Waals surface area contributed by atoms with Crippen LogP contribution >= 0.6 is 0 Å². The topological polar surface area (TPSA) is 58.0 Å². The monoisotopic (exact) mass is 260 g/mol. The quantitative estimate of drug-likeness (QED) is 0.901. The molecule has 1 aliphatic rings. The highest BCUT2D eigenvalue weighted by atomic mass is 16.4. The fourth-order valence-corrected chi connectivity index (χ4v) is 2.87. The number of aromatic nitrogens is 3. The Morgan fingerprint density at radius 3 is 2.89 bits per heavy atom. The van der Waals surface area contributed by atoms with Gasteiger partial charge < -0.3 is 4.42 Å². The summed E-state index contributed by atoms with van der Waals surface area (Å²) in [4.78, 5) is 6.74. The van der Waals surface area contributed by atoms with Gasteiger partial charge in [-0.15, -0.1) is 0 Å². The second-order valence-electron chi connectivity index (χ2n) is 6.04. The highest BCUT2D eigenvalue weighted by Gasteiger charge is 2.36. The van der Waals surface area contributed by atoms with E-state index in [2.05, 4.69) is 40.9 Å². The van der Waals surface area contributed by atoms with E-state index in [0.717, 1.165) is 24.7 Å². The van der Waals surface area contributed by atoms with Crippen molar-refractivity contribution in [2.24, 2.45) is 0 Å². The molecule has 19 heavy (non-hydrogen) atoms. The Labute approximate surface area is 113 Å². The molecule has 3 heterocycles. The molecule has 102 valence electrons. The third kappa shape index (κ3) is 2.08. The van der Waals surface area contributed by atoms with Crippen LogP contribution in [0.5, 0.6) is 0 Å². The van der Waals surface area contributed by atoms with Crippen LogP contribution in [-0.4, -0.2) is 26.6 Å². The lowest BCUT2D eigenvalue weighted by atomic mass is 9.83. The van der Waals surface area contributed by atoms with Gasteiger partial charge in [0.05, 0.1) is 18.4 Å². The first-order chi connectivity index (χ1) is 8.97. The number of nitrogens with one attached hydrogen (secondary N) is 1. The Balaban J connectivity index is 1.88. The van der Waals surface area contributed by atoms with Crippen LogP contribution in [0.3, 0.4) is 0 Å². The van der Waals surface area contributed by atoms with Gasteiger partial charge in [-0.3, -0.25) is 10.00 Å². The summed E-state index contributed by atoms with van der Waals surface area (Å²) in [7, 11) is 0. The maximum absolute atomic E-state index is 5.66. The van der Waals surface area contributed by atoms with Crippen LogP contribution in [0.4, 0.5) is 0 Å². The molecule has 1 unspecified atom stereocenters. The Bertz CT molecular complexity index is 584. The first-order valence-corrected chi connectivity index (χ1v) is 6.66. The Morgan fingerprint density at radius 2 is 2.21 bits per heavy atom. The molecule has 0 bridgehead atoms. The molecule has 1 aliphatic heterocycles. The zero-order chi connectivity index (χ0) is 13.6. The van der Waals surface area contributed by atoms with E-state index in [1.807, 2.05) is 13.1 Å². The fraction of sp³-hybridized carbons (Fsp3) is 0.571. The molecule has 0 saturated heterocycles. The van der Waals surface area contributed by atoms with Gasteiger partial charge in [0.15, 0.2) is 0 Å². The summed E-state index contributed by atoms with van der Waals surface area (Å²) in [5, 5.41) is 7.31. The van der Waals surface area contributed by atoms with Gasteiger partial charge in [-0.2, -0.15) is 5.10 Å². The SMILES string of the molecule is Cc1cnc(C(C)N2Cc3cn[nH]c3C(C)(C)C2)o1. The highest BCUT2D eigenvalue weighted by molar-refractivity contribution is 5.28. The zero-order valence-corrected chi connectivity index (χ0v) is 11.9. The maximum Gasteiger partial charge on any atom is 0.211 e. The van der Waals surface area contributed by atoms with Crippen LogP contribution in [-0.2, 0) is 12.0 Å². The summed E-state index contributed by atoms with van der Waals surface area (Å²) in [6, 6.07) is 0.177. The minimum Gasteiger partial charge on any atom is -0.444 e. The second-order valence-corrected chi connectivity index (χ2v) is 6.04. The summed E-state index contributed by atoms with van der Waals surface area (Å²) >= 11 is 0. The molecule has 5 nitrogen and oxygen atoms in total.